The van der Waals surface area contributed by atoms with Crippen molar-refractivity contribution in [1.29, 1.82) is 0 Å². The molecule has 0 heterocycles. The maximum Gasteiger partial charge on any atom is 0.0562 e. The molecule has 0 bridgehead atoms. The first-order valence-electron chi connectivity index (χ1n) is 4.54. The lowest BCUT2D eigenvalue weighted by molar-refractivity contribution is 0.703. The fraction of sp³-hybridized carbons (Fsp3) is 0.400. The van der Waals surface area contributed by atoms with Gasteiger partial charge in [-0.1, -0.05) is 26.0 Å². The number of hydrogen-bond acceptors (Lipinski definition) is 3. The van der Waals surface area contributed by atoms with Crippen LogP contribution in [-0.2, 0) is 6.42 Å². The van der Waals surface area contributed by atoms with Gasteiger partial charge in [0.1, 0.15) is 0 Å². The zero-order valence-electron chi connectivity index (χ0n) is 8.33. The Morgan fingerprint density at radius 1 is 1.08 bits per heavy atom. The molecule has 1 rings (SSSR count). The SMILES string of the molecule is CC.Nc1ccc(CC(N)N)cc1. The predicted molar refractivity (Wildman–Crippen MR) is 58.1 cm³/mol. The molecule has 0 amide bonds. The molecule has 3 nitrogen and oxygen atoms in total. The molecular weight excluding hydrogens is 162 g/mol. The lowest BCUT2D eigenvalue weighted by Gasteiger charge is -2.04. The summed E-state index contributed by atoms with van der Waals surface area (Å²) in [5.41, 5.74) is 18.2. The lowest BCUT2D eigenvalue weighted by atomic mass is 10.1. The van der Waals surface area contributed by atoms with Gasteiger partial charge in [-0.3, -0.25) is 0 Å². The van der Waals surface area contributed by atoms with Crippen molar-refractivity contribution >= 4 is 5.69 Å². The van der Waals surface area contributed by atoms with Gasteiger partial charge in [-0.05, 0) is 17.7 Å². The van der Waals surface area contributed by atoms with Gasteiger partial charge in [0.15, 0.2) is 0 Å². The Morgan fingerprint density at radius 3 is 1.92 bits per heavy atom. The van der Waals surface area contributed by atoms with Crippen LogP contribution in [0, 0.1) is 0 Å². The van der Waals surface area contributed by atoms with Crippen LogP contribution in [0.25, 0.3) is 0 Å². The van der Waals surface area contributed by atoms with Crippen LogP contribution in [-0.4, -0.2) is 6.17 Å². The van der Waals surface area contributed by atoms with Gasteiger partial charge in [0.2, 0.25) is 0 Å². The summed E-state index contributed by atoms with van der Waals surface area (Å²) >= 11 is 0. The van der Waals surface area contributed by atoms with Crippen molar-refractivity contribution in [3.63, 3.8) is 0 Å². The number of nitrogens with two attached hydrogens (primary N) is 3. The van der Waals surface area contributed by atoms with Gasteiger partial charge in [0, 0.05) is 12.1 Å². The van der Waals surface area contributed by atoms with Crippen LogP contribution < -0.4 is 17.2 Å². The molecule has 1 aromatic carbocycles. The Kier molecular flexibility index (Phi) is 5.93. The van der Waals surface area contributed by atoms with Crippen molar-refractivity contribution in [3.05, 3.63) is 29.8 Å². The van der Waals surface area contributed by atoms with E-state index < -0.39 is 0 Å². The van der Waals surface area contributed by atoms with E-state index in [1.807, 2.05) is 38.1 Å². The number of nitrogen functional groups attached to an aromatic ring is 1. The third kappa shape index (κ3) is 5.22. The highest BCUT2D eigenvalue weighted by atomic mass is 14.8. The first kappa shape index (κ1) is 11.9. The monoisotopic (exact) mass is 181 g/mol. The van der Waals surface area contributed by atoms with Gasteiger partial charge >= 0.3 is 0 Å². The van der Waals surface area contributed by atoms with E-state index in [9.17, 15) is 0 Å². The molecule has 0 aromatic heterocycles. The Balaban J connectivity index is 0.000000671. The quantitative estimate of drug-likeness (QED) is 0.472. The molecule has 0 saturated heterocycles. The van der Waals surface area contributed by atoms with E-state index in [1.165, 1.54) is 0 Å². The predicted octanol–water partition coefficient (Wildman–Crippen LogP) is 1.08. The minimum absolute atomic E-state index is 0.279. The summed E-state index contributed by atoms with van der Waals surface area (Å²) in [4.78, 5) is 0. The third-order valence-electron chi connectivity index (χ3n) is 1.45. The third-order valence-corrected chi connectivity index (χ3v) is 1.45. The number of benzene rings is 1. The fourth-order valence-corrected chi connectivity index (χ4v) is 0.926. The smallest absolute Gasteiger partial charge is 0.0562 e. The standard InChI is InChI=1S/C8H13N3.C2H6/c9-7-3-1-6(2-4-7)5-8(10)11;1-2/h1-4,8H,5,9-11H2;1-2H3. The second kappa shape index (κ2) is 6.46. The van der Waals surface area contributed by atoms with E-state index in [4.69, 9.17) is 17.2 Å². The molecule has 0 aliphatic heterocycles. The average Bonchev–Trinajstić information content (AvgIpc) is 2.12. The van der Waals surface area contributed by atoms with Crippen molar-refractivity contribution < 1.29 is 0 Å². The molecule has 0 aliphatic carbocycles. The summed E-state index contributed by atoms with van der Waals surface area (Å²) in [5.74, 6) is 0. The molecule has 0 unspecified atom stereocenters. The molecule has 1 aromatic rings. The normalized spacial score (nSPS) is 9.31. The Bertz CT molecular complexity index is 216. The maximum absolute atomic E-state index is 5.49. The van der Waals surface area contributed by atoms with E-state index in [-0.39, 0.29) is 6.17 Å². The van der Waals surface area contributed by atoms with Crippen molar-refractivity contribution in [3.8, 4) is 0 Å². The van der Waals surface area contributed by atoms with Crippen molar-refractivity contribution in [1.82, 2.24) is 0 Å². The molecule has 3 heteroatoms. The zero-order valence-corrected chi connectivity index (χ0v) is 8.33. The van der Waals surface area contributed by atoms with Crippen LogP contribution in [0.1, 0.15) is 19.4 Å². The first-order valence-corrected chi connectivity index (χ1v) is 4.54. The summed E-state index contributed by atoms with van der Waals surface area (Å²) in [5, 5.41) is 0. The van der Waals surface area contributed by atoms with Gasteiger partial charge in [0.25, 0.3) is 0 Å². The van der Waals surface area contributed by atoms with Crippen LogP contribution in [0.5, 0.6) is 0 Å². The van der Waals surface area contributed by atoms with Gasteiger partial charge in [-0.2, -0.15) is 0 Å². The molecule has 13 heavy (non-hydrogen) atoms. The minimum Gasteiger partial charge on any atom is -0.399 e. The van der Waals surface area contributed by atoms with E-state index in [0.29, 0.717) is 6.42 Å². The molecule has 0 fully saturated rings. The molecule has 0 aliphatic rings. The van der Waals surface area contributed by atoms with E-state index in [0.717, 1.165) is 11.3 Å². The maximum atomic E-state index is 5.49. The summed E-state index contributed by atoms with van der Waals surface area (Å²) < 4.78 is 0. The first-order chi connectivity index (χ1) is 6.18. The Hall–Kier alpha value is -1.06. The second-order valence-corrected chi connectivity index (χ2v) is 2.61. The van der Waals surface area contributed by atoms with E-state index in [2.05, 4.69) is 0 Å². The number of hydrogen-bond donors (Lipinski definition) is 3. The van der Waals surface area contributed by atoms with Crippen LogP contribution in [0.3, 0.4) is 0 Å². The largest absolute Gasteiger partial charge is 0.399 e. The summed E-state index contributed by atoms with van der Waals surface area (Å²) in [6, 6.07) is 7.56. The van der Waals surface area contributed by atoms with Gasteiger partial charge in [0.05, 0.1) is 6.17 Å². The lowest BCUT2D eigenvalue weighted by Crippen LogP contribution is -2.32. The zero-order chi connectivity index (χ0) is 10.3. The van der Waals surface area contributed by atoms with Gasteiger partial charge in [-0.25, -0.2) is 0 Å². The molecule has 74 valence electrons. The summed E-state index contributed by atoms with van der Waals surface area (Å²) in [6.45, 7) is 4.00. The minimum atomic E-state index is -0.279. The van der Waals surface area contributed by atoms with Crippen LogP contribution in [0.15, 0.2) is 24.3 Å². The Morgan fingerprint density at radius 2 is 1.54 bits per heavy atom. The molecular formula is C10H19N3. The molecule has 0 atom stereocenters. The van der Waals surface area contributed by atoms with Gasteiger partial charge in [-0.15, -0.1) is 0 Å². The number of anilines is 1. The van der Waals surface area contributed by atoms with Crippen molar-refractivity contribution in [2.24, 2.45) is 11.5 Å². The van der Waals surface area contributed by atoms with E-state index >= 15 is 0 Å². The fourth-order valence-electron chi connectivity index (χ4n) is 0.926. The molecule has 0 spiro atoms. The van der Waals surface area contributed by atoms with Gasteiger partial charge < -0.3 is 17.2 Å². The molecule has 0 saturated carbocycles. The van der Waals surface area contributed by atoms with Crippen molar-refractivity contribution in [2.75, 3.05) is 5.73 Å². The second-order valence-electron chi connectivity index (χ2n) is 2.61. The van der Waals surface area contributed by atoms with Crippen molar-refractivity contribution in [2.45, 2.75) is 26.4 Å². The molecule has 0 radical (unpaired) electrons. The van der Waals surface area contributed by atoms with Crippen LogP contribution >= 0.6 is 0 Å². The average molecular weight is 181 g/mol. The highest BCUT2D eigenvalue weighted by Crippen LogP contribution is 2.05. The summed E-state index contributed by atoms with van der Waals surface area (Å²) in [6.07, 6.45) is 0.416. The number of rotatable bonds is 2. The highest BCUT2D eigenvalue weighted by Gasteiger charge is 1.96. The topological polar surface area (TPSA) is 78.1 Å². The Labute approximate surface area is 79.9 Å². The van der Waals surface area contributed by atoms with E-state index in [1.54, 1.807) is 0 Å². The van der Waals surface area contributed by atoms with Crippen LogP contribution in [0.4, 0.5) is 5.69 Å². The van der Waals surface area contributed by atoms with Crippen LogP contribution in [0.2, 0.25) is 0 Å². The molecule has 6 N–H and O–H groups in total. The highest BCUT2D eigenvalue weighted by molar-refractivity contribution is 5.39. The summed E-state index contributed by atoms with van der Waals surface area (Å²) in [7, 11) is 0.